The molecule has 1 amide bonds. The van der Waals surface area contributed by atoms with Gasteiger partial charge in [0.1, 0.15) is 11.5 Å². The molecule has 2 aliphatic carbocycles. The van der Waals surface area contributed by atoms with Gasteiger partial charge >= 0.3 is 0 Å². The van der Waals surface area contributed by atoms with Gasteiger partial charge in [0.15, 0.2) is 11.6 Å². The van der Waals surface area contributed by atoms with Crippen molar-refractivity contribution in [1.82, 2.24) is 10.2 Å². The smallest absolute Gasteiger partial charge is 0.224 e. The third-order valence-corrected chi connectivity index (χ3v) is 7.79. The first-order valence-corrected chi connectivity index (χ1v) is 11.2. The first-order valence-electron chi connectivity index (χ1n) is 11.2. The fourth-order valence-electron chi connectivity index (χ4n) is 6.03. The minimum Gasteiger partial charge on any atom is -0.507 e. The third kappa shape index (κ3) is 2.67. The summed E-state index contributed by atoms with van der Waals surface area (Å²) in [5.74, 6) is -1.57. The molecular formula is C25H24N2O5. The standard InChI is InChI=1S/C25H24N2O5/c28-21-14-3-1-2-4-15(14)22(29)20-19(21)23(30)16-9-13(10-17(16)24(20)31)25(32)26-18-11-27-7-5-12(18)6-8-27/h1-4,12-13,18,30-31H,5-11H2,(H,26,32). The zero-order chi connectivity index (χ0) is 22.1. The van der Waals surface area contributed by atoms with Crippen molar-refractivity contribution in [3.8, 4) is 11.5 Å². The van der Waals surface area contributed by atoms with Crippen molar-refractivity contribution >= 4 is 17.5 Å². The Morgan fingerprint density at radius 1 is 0.906 bits per heavy atom. The summed E-state index contributed by atoms with van der Waals surface area (Å²) < 4.78 is 0. The molecule has 7 heteroatoms. The van der Waals surface area contributed by atoms with Crippen LogP contribution >= 0.6 is 0 Å². The maximum atomic E-state index is 13.1. The fourth-order valence-corrected chi connectivity index (χ4v) is 6.03. The molecule has 0 saturated carbocycles. The molecule has 0 aromatic heterocycles. The normalized spacial score (nSPS) is 25.9. The fraction of sp³-hybridized carbons (Fsp3) is 0.400. The average Bonchev–Trinajstić information content (AvgIpc) is 3.27. The van der Waals surface area contributed by atoms with Crippen LogP contribution in [0.25, 0.3) is 0 Å². The zero-order valence-electron chi connectivity index (χ0n) is 17.6. The molecule has 1 atom stereocenters. The lowest BCUT2D eigenvalue weighted by Gasteiger charge is -2.45. The van der Waals surface area contributed by atoms with Crippen LogP contribution in [0.4, 0.5) is 0 Å². The number of benzene rings is 2. The van der Waals surface area contributed by atoms with E-state index in [-0.39, 0.29) is 58.5 Å². The monoisotopic (exact) mass is 432 g/mol. The van der Waals surface area contributed by atoms with E-state index in [4.69, 9.17) is 0 Å². The second kappa shape index (κ2) is 6.90. The Labute approximate surface area is 185 Å². The van der Waals surface area contributed by atoms with Gasteiger partial charge in [-0.3, -0.25) is 14.4 Å². The lowest BCUT2D eigenvalue weighted by atomic mass is 9.81. The van der Waals surface area contributed by atoms with Gasteiger partial charge in [-0.05, 0) is 44.7 Å². The van der Waals surface area contributed by atoms with Crippen molar-refractivity contribution in [2.24, 2.45) is 11.8 Å². The number of piperidine rings is 3. The topological polar surface area (TPSA) is 107 Å². The molecule has 7 nitrogen and oxygen atoms in total. The molecule has 0 radical (unpaired) electrons. The van der Waals surface area contributed by atoms with Gasteiger partial charge in [0.25, 0.3) is 0 Å². The van der Waals surface area contributed by atoms with E-state index >= 15 is 0 Å². The van der Waals surface area contributed by atoms with Crippen LogP contribution in [0, 0.1) is 11.8 Å². The third-order valence-electron chi connectivity index (χ3n) is 7.79. The number of carbonyl (C=O) groups excluding carboxylic acids is 3. The van der Waals surface area contributed by atoms with Gasteiger partial charge in [-0.15, -0.1) is 0 Å². The highest BCUT2D eigenvalue weighted by molar-refractivity contribution is 6.30. The molecule has 164 valence electrons. The highest BCUT2D eigenvalue weighted by atomic mass is 16.3. The number of ketones is 2. The number of aromatic hydroxyl groups is 2. The van der Waals surface area contributed by atoms with Crippen molar-refractivity contribution in [2.45, 2.75) is 31.7 Å². The van der Waals surface area contributed by atoms with Crippen LogP contribution in [0.1, 0.15) is 55.8 Å². The maximum Gasteiger partial charge on any atom is 0.224 e. The summed E-state index contributed by atoms with van der Waals surface area (Å²) in [4.78, 5) is 41.6. The number of hydrogen-bond donors (Lipinski definition) is 3. The Morgan fingerprint density at radius 2 is 1.44 bits per heavy atom. The molecule has 2 bridgehead atoms. The van der Waals surface area contributed by atoms with Gasteiger partial charge in [0, 0.05) is 40.8 Å². The van der Waals surface area contributed by atoms with Crippen LogP contribution in [0.5, 0.6) is 11.5 Å². The molecular weight excluding hydrogens is 408 g/mol. The summed E-state index contributed by atoms with van der Waals surface area (Å²) in [7, 11) is 0. The summed E-state index contributed by atoms with van der Waals surface area (Å²) in [6, 6.07) is 6.54. The van der Waals surface area contributed by atoms with Gasteiger partial charge in [-0.25, -0.2) is 0 Å². The molecule has 7 rings (SSSR count). The van der Waals surface area contributed by atoms with Crippen molar-refractivity contribution in [3.63, 3.8) is 0 Å². The lowest BCUT2D eigenvalue weighted by molar-refractivity contribution is -0.126. The summed E-state index contributed by atoms with van der Waals surface area (Å²) in [6.07, 6.45) is 2.65. The predicted molar refractivity (Wildman–Crippen MR) is 115 cm³/mol. The van der Waals surface area contributed by atoms with E-state index in [0.717, 1.165) is 32.5 Å². The van der Waals surface area contributed by atoms with E-state index in [1.54, 1.807) is 24.3 Å². The maximum absolute atomic E-state index is 13.1. The number of phenolic OH excluding ortho intramolecular Hbond substituents is 2. The van der Waals surface area contributed by atoms with E-state index in [0.29, 0.717) is 17.0 Å². The number of fused-ring (bicyclic) bond motifs is 6. The molecule has 3 N–H and O–H groups in total. The molecule has 3 saturated heterocycles. The van der Waals surface area contributed by atoms with Crippen molar-refractivity contribution in [1.29, 1.82) is 0 Å². The van der Waals surface area contributed by atoms with E-state index in [2.05, 4.69) is 10.2 Å². The second-order valence-corrected chi connectivity index (χ2v) is 9.47. The molecule has 32 heavy (non-hydrogen) atoms. The molecule has 3 aliphatic heterocycles. The Morgan fingerprint density at radius 3 is 1.91 bits per heavy atom. The molecule has 2 aromatic carbocycles. The highest BCUT2D eigenvalue weighted by Crippen LogP contribution is 2.47. The van der Waals surface area contributed by atoms with E-state index < -0.39 is 17.5 Å². The van der Waals surface area contributed by atoms with Crippen molar-refractivity contribution in [2.75, 3.05) is 19.6 Å². The van der Waals surface area contributed by atoms with Gasteiger partial charge in [-0.2, -0.15) is 0 Å². The summed E-state index contributed by atoms with van der Waals surface area (Å²) in [6.45, 7) is 3.04. The number of nitrogens with one attached hydrogen (secondary N) is 1. The van der Waals surface area contributed by atoms with Gasteiger partial charge < -0.3 is 20.4 Å². The van der Waals surface area contributed by atoms with E-state index in [1.807, 2.05) is 0 Å². The summed E-state index contributed by atoms with van der Waals surface area (Å²) in [5, 5.41) is 25.1. The predicted octanol–water partition coefficient (Wildman–Crippen LogP) is 1.80. The number of rotatable bonds is 2. The van der Waals surface area contributed by atoms with Gasteiger partial charge in [-0.1, -0.05) is 24.3 Å². The van der Waals surface area contributed by atoms with Gasteiger partial charge in [0.2, 0.25) is 5.91 Å². The minimum absolute atomic E-state index is 0.0994. The highest BCUT2D eigenvalue weighted by Gasteiger charge is 2.42. The Balaban J connectivity index is 1.32. The molecule has 1 unspecified atom stereocenters. The van der Waals surface area contributed by atoms with Crippen LogP contribution in [-0.4, -0.2) is 58.3 Å². The van der Waals surface area contributed by atoms with Crippen molar-refractivity contribution in [3.05, 3.63) is 57.6 Å². The lowest BCUT2D eigenvalue weighted by Crippen LogP contribution is -2.58. The Bertz CT molecular complexity index is 1130. The van der Waals surface area contributed by atoms with Crippen LogP contribution in [0.2, 0.25) is 0 Å². The number of nitrogens with zero attached hydrogens (tertiary/aromatic N) is 1. The van der Waals surface area contributed by atoms with E-state index in [1.165, 1.54) is 0 Å². The minimum atomic E-state index is -0.481. The van der Waals surface area contributed by atoms with Crippen LogP contribution in [0.3, 0.4) is 0 Å². The molecule has 2 aromatic rings. The second-order valence-electron chi connectivity index (χ2n) is 9.47. The van der Waals surface area contributed by atoms with Crippen molar-refractivity contribution < 1.29 is 24.6 Å². The molecule has 3 fully saturated rings. The van der Waals surface area contributed by atoms with Crippen LogP contribution < -0.4 is 5.32 Å². The number of amides is 1. The first kappa shape index (κ1) is 19.5. The zero-order valence-corrected chi connectivity index (χ0v) is 17.6. The quantitative estimate of drug-likeness (QED) is 0.533. The largest absolute Gasteiger partial charge is 0.507 e. The Hall–Kier alpha value is -3.19. The number of hydrogen-bond acceptors (Lipinski definition) is 6. The van der Waals surface area contributed by atoms with Crippen LogP contribution in [-0.2, 0) is 17.6 Å². The number of phenols is 2. The summed E-state index contributed by atoms with van der Waals surface area (Å²) in [5.41, 5.74) is 0.932. The number of carbonyl (C=O) groups is 3. The molecule has 3 heterocycles. The van der Waals surface area contributed by atoms with E-state index in [9.17, 15) is 24.6 Å². The SMILES string of the molecule is O=C1c2ccccc2C(=O)c2c(O)c3c(c(O)c21)CC(C(=O)NC1CN2CCC1CC2)C3. The molecule has 5 aliphatic rings. The summed E-state index contributed by atoms with van der Waals surface area (Å²) >= 11 is 0. The van der Waals surface area contributed by atoms with Crippen LogP contribution in [0.15, 0.2) is 24.3 Å². The molecule has 0 spiro atoms. The average molecular weight is 432 g/mol. The first-order chi connectivity index (χ1) is 15.4. The Kier molecular flexibility index (Phi) is 4.21. The van der Waals surface area contributed by atoms with Gasteiger partial charge in [0.05, 0.1) is 11.1 Å².